The first kappa shape index (κ1) is 18.8. The molecule has 3 rings (SSSR count). The molecule has 4 nitrogen and oxygen atoms in total. The molecule has 138 valence electrons. The van der Waals surface area contributed by atoms with Gasteiger partial charge in [-0.05, 0) is 35.6 Å². The maximum atomic E-state index is 13.2. The summed E-state index contributed by atoms with van der Waals surface area (Å²) >= 11 is 1.23. The Morgan fingerprint density at radius 3 is 2.41 bits per heavy atom. The predicted octanol–water partition coefficient (Wildman–Crippen LogP) is 4.14. The monoisotopic (exact) mass is 383 g/mol. The zero-order valence-corrected chi connectivity index (χ0v) is 15.2. The zero-order valence-electron chi connectivity index (χ0n) is 14.4. The van der Waals surface area contributed by atoms with E-state index in [1.807, 2.05) is 30.3 Å². The number of carbonyl (C=O) groups is 2. The first-order valence-electron chi connectivity index (χ1n) is 8.45. The molecule has 0 fully saturated rings. The smallest absolute Gasteiger partial charge is 0.349 e. The zero-order chi connectivity index (χ0) is 19.1. The van der Waals surface area contributed by atoms with Gasteiger partial charge in [0.15, 0.2) is 0 Å². The van der Waals surface area contributed by atoms with E-state index in [-0.39, 0.29) is 0 Å². The molecule has 0 unspecified atom stereocenters. The van der Waals surface area contributed by atoms with Crippen LogP contribution in [0.2, 0.25) is 0 Å². The van der Waals surface area contributed by atoms with Gasteiger partial charge in [-0.3, -0.25) is 4.79 Å². The molecule has 27 heavy (non-hydrogen) atoms. The highest BCUT2D eigenvalue weighted by Crippen LogP contribution is 2.21. The van der Waals surface area contributed by atoms with Gasteiger partial charge in [0, 0.05) is 12.1 Å². The Labute approximate surface area is 160 Å². The number of thiophene rings is 1. The van der Waals surface area contributed by atoms with Crippen molar-refractivity contribution in [2.45, 2.75) is 12.5 Å². The van der Waals surface area contributed by atoms with Crippen LogP contribution in [-0.2, 0) is 16.0 Å². The van der Waals surface area contributed by atoms with Gasteiger partial charge in [0.05, 0.1) is 0 Å². The molecule has 0 spiro atoms. The molecule has 0 saturated heterocycles. The first-order chi connectivity index (χ1) is 13.1. The Morgan fingerprint density at radius 2 is 1.74 bits per heavy atom. The summed E-state index contributed by atoms with van der Waals surface area (Å²) in [7, 11) is 0. The van der Waals surface area contributed by atoms with Gasteiger partial charge in [-0.15, -0.1) is 11.3 Å². The van der Waals surface area contributed by atoms with Gasteiger partial charge in [-0.25, -0.2) is 9.18 Å². The molecule has 1 N–H and O–H groups in total. The molecule has 1 aromatic heterocycles. The van der Waals surface area contributed by atoms with Crippen LogP contribution in [0.1, 0.15) is 26.9 Å². The lowest BCUT2D eigenvalue weighted by atomic mass is 10.1. The first-order valence-corrected chi connectivity index (χ1v) is 9.33. The van der Waals surface area contributed by atoms with E-state index in [9.17, 15) is 14.0 Å². The van der Waals surface area contributed by atoms with Crippen molar-refractivity contribution in [1.29, 1.82) is 0 Å². The molecule has 1 amide bonds. The highest BCUT2D eigenvalue weighted by atomic mass is 32.1. The number of carbonyl (C=O) groups excluding carboxylic acids is 2. The van der Waals surface area contributed by atoms with E-state index in [1.54, 1.807) is 17.5 Å². The van der Waals surface area contributed by atoms with Crippen molar-refractivity contribution in [3.05, 3.63) is 93.9 Å². The van der Waals surface area contributed by atoms with Crippen LogP contribution in [0.3, 0.4) is 0 Å². The number of benzene rings is 2. The summed E-state index contributed by atoms with van der Waals surface area (Å²) in [6.07, 6.45) is -0.488. The van der Waals surface area contributed by atoms with Crippen LogP contribution in [0.15, 0.2) is 72.1 Å². The third kappa shape index (κ3) is 5.24. The minimum Gasteiger partial charge on any atom is -0.443 e. The van der Waals surface area contributed by atoms with Crippen LogP contribution in [0.5, 0.6) is 0 Å². The highest BCUT2D eigenvalue weighted by Gasteiger charge is 2.26. The summed E-state index contributed by atoms with van der Waals surface area (Å²) in [5.41, 5.74) is 1.50. The molecule has 0 aliphatic heterocycles. The van der Waals surface area contributed by atoms with Gasteiger partial charge in [-0.2, -0.15) is 0 Å². The topological polar surface area (TPSA) is 55.4 Å². The molecule has 0 aliphatic carbocycles. The summed E-state index contributed by atoms with van der Waals surface area (Å²) in [5.74, 6) is -1.45. The number of nitrogens with one attached hydrogen (secondary N) is 1. The fraction of sp³-hybridized carbons (Fsp3) is 0.143. The summed E-state index contributed by atoms with van der Waals surface area (Å²) in [5, 5.41) is 4.54. The van der Waals surface area contributed by atoms with Crippen molar-refractivity contribution >= 4 is 23.2 Å². The van der Waals surface area contributed by atoms with Crippen molar-refractivity contribution in [1.82, 2.24) is 5.32 Å². The molecular formula is C21H18FNO3S. The molecule has 1 heterocycles. The Hall–Kier alpha value is -2.99. The van der Waals surface area contributed by atoms with Crippen molar-refractivity contribution in [2.24, 2.45) is 0 Å². The lowest BCUT2D eigenvalue weighted by Gasteiger charge is -2.18. The molecule has 0 aliphatic rings. The number of ether oxygens (including phenoxy) is 1. The molecule has 2 aromatic carbocycles. The minimum absolute atomic E-state index is 0.400. The van der Waals surface area contributed by atoms with Gasteiger partial charge in [0.1, 0.15) is 10.7 Å². The SMILES string of the molecule is O=C(O[C@@H](C(=O)NCCc1ccccc1)c1ccc(F)cc1)c1cccs1. The fourth-order valence-electron chi connectivity index (χ4n) is 2.54. The van der Waals surface area contributed by atoms with E-state index in [4.69, 9.17) is 4.74 Å². The second kappa shape index (κ2) is 9.09. The van der Waals surface area contributed by atoms with Gasteiger partial charge in [0.2, 0.25) is 6.10 Å². The quantitative estimate of drug-likeness (QED) is 0.624. The number of esters is 1. The molecule has 1 atom stereocenters. The average molecular weight is 383 g/mol. The van der Waals surface area contributed by atoms with E-state index in [0.29, 0.717) is 23.4 Å². The molecule has 0 saturated carbocycles. The van der Waals surface area contributed by atoms with Crippen molar-refractivity contribution in [2.75, 3.05) is 6.54 Å². The van der Waals surface area contributed by atoms with Gasteiger partial charge >= 0.3 is 5.97 Å². The van der Waals surface area contributed by atoms with Crippen LogP contribution in [0, 0.1) is 5.82 Å². The van der Waals surface area contributed by atoms with Crippen LogP contribution < -0.4 is 5.32 Å². The Bertz CT molecular complexity index is 880. The minimum atomic E-state index is -1.14. The second-order valence-corrected chi connectivity index (χ2v) is 6.79. The molecular weight excluding hydrogens is 365 g/mol. The largest absolute Gasteiger partial charge is 0.443 e. The standard InChI is InChI=1S/C21H18FNO3S/c22-17-10-8-16(9-11-17)19(26-21(25)18-7-4-14-27-18)20(24)23-13-12-15-5-2-1-3-6-15/h1-11,14,19H,12-13H2,(H,23,24)/t19-/m1/s1. The number of hydrogen-bond acceptors (Lipinski definition) is 4. The third-order valence-corrected chi connectivity index (χ3v) is 4.76. The summed E-state index contributed by atoms with van der Waals surface area (Å²) in [6.45, 7) is 0.400. The lowest BCUT2D eigenvalue weighted by Crippen LogP contribution is -2.33. The number of rotatable bonds is 7. The van der Waals surface area contributed by atoms with E-state index in [1.165, 1.54) is 35.6 Å². The van der Waals surface area contributed by atoms with Crippen LogP contribution >= 0.6 is 11.3 Å². The van der Waals surface area contributed by atoms with E-state index >= 15 is 0 Å². The second-order valence-electron chi connectivity index (χ2n) is 5.84. The molecule has 3 aromatic rings. The van der Waals surface area contributed by atoms with Crippen LogP contribution in [0.25, 0.3) is 0 Å². The Morgan fingerprint density at radius 1 is 1.00 bits per heavy atom. The summed E-state index contributed by atoms with van der Waals surface area (Å²) in [4.78, 5) is 25.3. The number of hydrogen-bond donors (Lipinski definition) is 1. The van der Waals surface area contributed by atoms with E-state index < -0.39 is 23.8 Å². The van der Waals surface area contributed by atoms with Gasteiger partial charge < -0.3 is 10.1 Å². The van der Waals surface area contributed by atoms with E-state index in [0.717, 1.165) is 5.56 Å². The fourth-order valence-corrected chi connectivity index (χ4v) is 3.14. The van der Waals surface area contributed by atoms with E-state index in [2.05, 4.69) is 5.32 Å². The van der Waals surface area contributed by atoms with Gasteiger partial charge in [-0.1, -0.05) is 48.5 Å². The summed E-state index contributed by atoms with van der Waals surface area (Å²) < 4.78 is 18.6. The maximum absolute atomic E-state index is 13.2. The van der Waals surface area contributed by atoms with Crippen molar-refractivity contribution in [3.63, 3.8) is 0 Å². The Balaban J connectivity index is 1.69. The number of amides is 1. The molecule has 0 bridgehead atoms. The normalized spacial score (nSPS) is 11.6. The third-order valence-electron chi connectivity index (χ3n) is 3.91. The lowest BCUT2D eigenvalue weighted by molar-refractivity contribution is -0.130. The van der Waals surface area contributed by atoms with Gasteiger partial charge in [0.25, 0.3) is 5.91 Å². The summed E-state index contributed by atoms with van der Waals surface area (Å²) in [6, 6.07) is 18.4. The van der Waals surface area contributed by atoms with Crippen molar-refractivity contribution in [3.8, 4) is 0 Å². The average Bonchev–Trinajstić information content (AvgIpc) is 3.22. The predicted molar refractivity (Wildman–Crippen MR) is 102 cm³/mol. The maximum Gasteiger partial charge on any atom is 0.349 e. The van der Waals surface area contributed by atoms with Crippen LogP contribution in [-0.4, -0.2) is 18.4 Å². The van der Waals surface area contributed by atoms with Crippen LogP contribution in [0.4, 0.5) is 4.39 Å². The highest BCUT2D eigenvalue weighted by molar-refractivity contribution is 7.11. The molecule has 0 radical (unpaired) electrons. The number of halogens is 1. The molecule has 6 heteroatoms. The van der Waals surface area contributed by atoms with Crippen molar-refractivity contribution < 1.29 is 18.7 Å². The Kier molecular flexibility index (Phi) is 6.33.